The summed E-state index contributed by atoms with van der Waals surface area (Å²) in [6.45, 7) is 7.93. The highest BCUT2D eigenvalue weighted by molar-refractivity contribution is 4.76. The molecule has 0 saturated carbocycles. The molecule has 3 N–H and O–H groups in total. The van der Waals surface area contributed by atoms with Crippen molar-refractivity contribution in [2.24, 2.45) is 11.7 Å². The van der Waals surface area contributed by atoms with Crippen molar-refractivity contribution in [3.05, 3.63) is 0 Å². The predicted molar refractivity (Wildman–Crippen MR) is 54.7 cm³/mol. The van der Waals surface area contributed by atoms with Crippen molar-refractivity contribution < 1.29 is 4.74 Å². The Bertz CT molecular complexity index is 136. The van der Waals surface area contributed by atoms with E-state index in [1.54, 1.807) is 0 Å². The van der Waals surface area contributed by atoms with Crippen LogP contribution < -0.4 is 11.1 Å². The third kappa shape index (κ3) is 5.24. The van der Waals surface area contributed by atoms with Gasteiger partial charge in [-0.15, -0.1) is 0 Å². The predicted octanol–water partition coefficient (Wildman–Crippen LogP) is 0.740. The summed E-state index contributed by atoms with van der Waals surface area (Å²) in [7, 11) is 0. The number of hydrogen-bond donors (Lipinski definition) is 2. The lowest BCUT2D eigenvalue weighted by Gasteiger charge is -2.25. The van der Waals surface area contributed by atoms with E-state index in [1.165, 1.54) is 12.8 Å². The largest absolute Gasteiger partial charge is 0.381 e. The molecule has 0 unspecified atom stereocenters. The molecule has 1 aliphatic rings. The molecule has 1 fully saturated rings. The third-order valence-electron chi connectivity index (χ3n) is 2.35. The van der Waals surface area contributed by atoms with Gasteiger partial charge in [-0.2, -0.15) is 0 Å². The number of rotatable bonds is 4. The van der Waals surface area contributed by atoms with E-state index in [4.69, 9.17) is 10.5 Å². The van der Waals surface area contributed by atoms with E-state index in [9.17, 15) is 0 Å². The summed E-state index contributed by atoms with van der Waals surface area (Å²) in [5.74, 6) is 0.788. The molecule has 0 bridgehead atoms. The fourth-order valence-electron chi connectivity index (χ4n) is 1.55. The summed E-state index contributed by atoms with van der Waals surface area (Å²) >= 11 is 0. The van der Waals surface area contributed by atoms with E-state index in [2.05, 4.69) is 5.32 Å². The second-order valence-corrected chi connectivity index (χ2v) is 4.68. The lowest BCUT2D eigenvalue weighted by Crippen LogP contribution is -2.44. The topological polar surface area (TPSA) is 47.3 Å². The Balaban J connectivity index is 2.04. The molecule has 0 amide bonds. The molecule has 1 heterocycles. The van der Waals surface area contributed by atoms with Gasteiger partial charge < -0.3 is 15.8 Å². The molecule has 0 radical (unpaired) electrons. The van der Waals surface area contributed by atoms with E-state index < -0.39 is 0 Å². The summed E-state index contributed by atoms with van der Waals surface area (Å²) in [5.41, 5.74) is 5.77. The Morgan fingerprint density at radius 2 is 2.00 bits per heavy atom. The first-order valence-electron chi connectivity index (χ1n) is 5.15. The van der Waals surface area contributed by atoms with Gasteiger partial charge in [0, 0.05) is 25.3 Å². The molecule has 13 heavy (non-hydrogen) atoms. The van der Waals surface area contributed by atoms with Gasteiger partial charge in [-0.25, -0.2) is 0 Å². The van der Waals surface area contributed by atoms with E-state index in [0.29, 0.717) is 0 Å². The van der Waals surface area contributed by atoms with Gasteiger partial charge in [-0.3, -0.25) is 0 Å². The Morgan fingerprint density at radius 1 is 1.38 bits per heavy atom. The zero-order valence-electron chi connectivity index (χ0n) is 8.81. The van der Waals surface area contributed by atoms with Crippen LogP contribution in [0.1, 0.15) is 26.7 Å². The van der Waals surface area contributed by atoms with Crippen molar-refractivity contribution in [3.63, 3.8) is 0 Å². The van der Waals surface area contributed by atoms with Crippen molar-refractivity contribution >= 4 is 0 Å². The first-order valence-corrected chi connectivity index (χ1v) is 5.15. The lowest BCUT2D eigenvalue weighted by molar-refractivity contribution is 0.0660. The van der Waals surface area contributed by atoms with Crippen LogP contribution >= 0.6 is 0 Å². The molecule has 3 heteroatoms. The summed E-state index contributed by atoms with van der Waals surface area (Å²) in [5, 5.41) is 3.41. The first-order chi connectivity index (χ1) is 6.08. The highest BCUT2D eigenvalue weighted by Crippen LogP contribution is 2.13. The van der Waals surface area contributed by atoms with E-state index in [0.717, 1.165) is 32.2 Å². The maximum absolute atomic E-state index is 5.86. The van der Waals surface area contributed by atoms with Crippen LogP contribution in [0.3, 0.4) is 0 Å². The number of ether oxygens (including phenoxy) is 1. The molecule has 0 atom stereocenters. The van der Waals surface area contributed by atoms with Crippen LogP contribution in [0.4, 0.5) is 0 Å². The highest BCUT2D eigenvalue weighted by Gasteiger charge is 2.15. The van der Waals surface area contributed by atoms with Crippen LogP contribution in [0.25, 0.3) is 0 Å². The van der Waals surface area contributed by atoms with Crippen molar-refractivity contribution in [2.45, 2.75) is 32.2 Å². The van der Waals surface area contributed by atoms with Crippen molar-refractivity contribution in [1.82, 2.24) is 5.32 Å². The van der Waals surface area contributed by atoms with Crippen LogP contribution in [0.2, 0.25) is 0 Å². The molecule has 3 nitrogen and oxygen atoms in total. The van der Waals surface area contributed by atoms with Gasteiger partial charge >= 0.3 is 0 Å². The minimum Gasteiger partial charge on any atom is -0.381 e. The quantitative estimate of drug-likeness (QED) is 0.681. The van der Waals surface area contributed by atoms with Crippen LogP contribution in [-0.4, -0.2) is 31.8 Å². The molecule has 0 aromatic carbocycles. The smallest absolute Gasteiger partial charge is 0.0469 e. The number of nitrogens with two attached hydrogens (primary N) is 1. The normalized spacial score (nSPS) is 20.5. The minimum atomic E-state index is -0.0921. The SMILES string of the molecule is CC(C)(N)CNCC1CCOCC1. The molecule has 0 spiro atoms. The monoisotopic (exact) mass is 186 g/mol. The Kier molecular flexibility index (Phi) is 4.16. The van der Waals surface area contributed by atoms with Crippen LogP contribution in [0.5, 0.6) is 0 Å². The van der Waals surface area contributed by atoms with Gasteiger partial charge in [0.05, 0.1) is 0 Å². The first kappa shape index (κ1) is 11.0. The molecule has 0 aliphatic carbocycles. The maximum Gasteiger partial charge on any atom is 0.0469 e. The van der Waals surface area contributed by atoms with Crippen molar-refractivity contribution in [3.8, 4) is 0 Å². The summed E-state index contributed by atoms with van der Waals surface area (Å²) < 4.78 is 5.29. The fourth-order valence-corrected chi connectivity index (χ4v) is 1.55. The molecule has 1 aliphatic heterocycles. The second kappa shape index (κ2) is 4.94. The fraction of sp³-hybridized carbons (Fsp3) is 1.00. The Labute approximate surface area is 81.0 Å². The summed E-state index contributed by atoms with van der Waals surface area (Å²) in [6, 6.07) is 0. The molecule has 0 aromatic rings. The third-order valence-corrected chi connectivity index (χ3v) is 2.35. The molecule has 1 rings (SSSR count). The van der Waals surface area contributed by atoms with Crippen LogP contribution in [-0.2, 0) is 4.74 Å². The average Bonchev–Trinajstić information content (AvgIpc) is 2.04. The molecular weight excluding hydrogens is 164 g/mol. The van der Waals surface area contributed by atoms with Gasteiger partial charge in [0.15, 0.2) is 0 Å². The van der Waals surface area contributed by atoms with Gasteiger partial charge in [-0.1, -0.05) is 0 Å². The minimum absolute atomic E-state index is 0.0921. The Hall–Kier alpha value is -0.120. The maximum atomic E-state index is 5.86. The summed E-state index contributed by atoms with van der Waals surface area (Å²) in [6.07, 6.45) is 2.38. The van der Waals surface area contributed by atoms with Crippen molar-refractivity contribution in [2.75, 3.05) is 26.3 Å². The van der Waals surface area contributed by atoms with E-state index in [1.807, 2.05) is 13.8 Å². The summed E-state index contributed by atoms with van der Waals surface area (Å²) in [4.78, 5) is 0. The highest BCUT2D eigenvalue weighted by atomic mass is 16.5. The molecule has 78 valence electrons. The van der Waals surface area contributed by atoms with Crippen LogP contribution in [0.15, 0.2) is 0 Å². The number of hydrogen-bond acceptors (Lipinski definition) is 3. The zero-order valence-corrected chi connectivity index (χ0v) is 8.81. The Morgan fingerprint density at radius 3 is 2.54 bits per heavy atom. The van der Waals surface area contributed by atoms with Gasteiger partial charge in [0.25, 0.3) is 0 Å². The molecular formula is C10H22N2O. The number of nitrogens with one attached hydrogen (secondary N) is 1. The lowest BCUT2D eigenvalue weighted by atomic mass is 10.00. The molecule has 0 aromatic heterocycles. The standard InChI is InChI=1S/C10H22N2O/c1-10(2,11)8-12-7-9-3-5-13-6-4-9/h9,12H,3-8,11H2,1-2H3. The van der Waals surface area contributed by atoms with E-state index >= 15 is 0 Å². The average molecular weight is 186 g/mol. The van der Waals surface area contributed by atoms with E-state index in [-0.39, 0.29) is 5.54 Å². The molecule has 1 saturated heterocycles. The van der Waals surface area contributed by atoms with Gasteiger partial charge in [0.1, 0.15) is 0 Å². The van der Waals surface area contributed by atoms with Crippen LogP contribution in [0, 0.1) is 5.92 Å². The zero-order chi connectivity index (χ0) is 9.73. The second-order valence-electron chi connectivity index (χ2n) is 4.68. The van der Waals surface area contributed by atoms with Gasteiger partial charge in [-0.05, 0) is 39.2 Å². The van der Waals surface area contributed by atoms with Gasteiger partial charge in [0.2, 0.25) is 0 Å². The van der Waals surface area contributed by atoms with Crippen molar-refractivity contribution in [1.29, 1.82) is 0 Å².